The number of phenols is 1. The summed E-state index contributed by atoms with van der Waals surface area (Å²) in [6.45, 7) is 4.83. The molecule has 0 fully saturated rings. The highest BCUT2D eigenvalue weighted by Gasteiger charge is 2.31. The molecule has 3 aromatic carbocycles. The van der Waals surface area contributed by atoms with Crippen LogP contribution in [0, 0.1) is 6.92 Å². The molecule has 0 spiro atoms. The predicted octanol–water partition coefficient (Wildman–Crippen LogP) is 8.33. The Labute approximate surface area is 228 Å². The molecule has 38 heavy (non-hydrogen) atoms. The second-order valence-corrected chi connectivity index (χ2v) is 13.0. The van der Waals surface area contributed by atoms with Gasteiger partial charge in [0.05, 0.1) is 11.5 Å². The smallest absolute Gasteiger partial charge is 0.140 e. The largest absolute Gasteiger partial charge is 0.506 e. The molecule has 0 amide bonds. The molecule has 0 saturated carbocycles. The summed E-state index contributed by atoms with van der Waals surface area (Å²) in [5, 5.41) is 19.7. The Morgan fingerprint density at radius 2 is 1.34 bits per heavy atom. The van der Waals surface area contributed by atoms with Crippen molar-refractivity contribution in [2.75, 3.05) is 11.9 Å². The van der Waals surface area contributed by atoms with Gasteiger partial charge in [0.15, 0.2) is 0 Å². The first-order chi connectivity index (χ1) is 18.2. The number of unbranched alkanes of at least 4 members (excludes halogenated alkanes) is 9. The van der Waals surface area contributed by atoms with Crippen molar-refractivity contribution in [2.24, 2.45) is 5.14 Å². The molecule has 0 aliphatic heterocycles. The van der Waals surface area contributed by atoms with E-state index in [-0.39, 0.29) is 15.5 Å². The number of hydrogen-bond donors (Lipinski definition) is 4. The van der Waals surface area contributed by atoms with E-state index in [4.69, 9.17) is 9.88 Å². The number of benzene rings is 3. The Morgan fingerprint density at radius 1 is 0.789 bits per heavy atom. The van der Waals surface area contributed by atoms with Crippen LogP contribution in [0.5, 0.6) is 11.5 Å². The summed E-state index contributed by atoms with van der Waals surface area (Å²) in [6, 6.07) is 18.4. The lowest BCUT2D eigenvalue weighted by atomic mass is 10.1. The van der Waals surface area contributed by atoms with Gasteiger partial charge in [-0.2, -0.15) is 4.21 Å². The van der Waals surface area contributed by atoms with Crippen molar-refractivity contribution < 1.29 is 18.6 Å². The highest BCUT2D eigenvalue weighted by Crippen LogP contribution is 2.41. The van der Waals surface area contributed by atoms with Crippen molar-refractivity contribution >= 4 is 20.9 Å². The number of phenolic OH excluding ortho intramolecular Hbond substituents is 1. The average molecular weight is 541 g/mol. The van der Waals surface area contributed by atoms with Crippen molar-refractivity contribution in [3.8, 4) is 11.5 Å². The molecule has 0 atom stereocenters. The fraction of sp³-hybridized carbons (Fsp3) is 0.419. The van der Waals surface area contributed by atoms with E-state index in [1.807, 2.05) is 31.2 Å². The van der Waals surface area contributed by atoms with E-state index in [1.54, 1.807) is 18.2 Å². The number of ether oxygens (including phenoxy) is 1. The third kappa shape index (κ3) is 8.58. The van der Waals surface area contributed by atoms with E-state index < -0.39 is 9.53 Å². The normalized spacial score (nSPS) is 12.6. The summed E-state index contributed by atoms with van der Waals surface area (Å²) in [5.74, 6) is 0.465. The Hall–Kier alpha value is -2.87. The molecule has 0 radical (unpaired) electrons. The maximum absolute atomic E-state index is 13.5. The maximum atomic E-state index is 13.5. The zero-order valence-electron chi connectivity index (χ0n) is 22.8. The van der Waals surface area contributed by atoms with Crippen LogP contribution in [0.4, 0.5) is 11.4 Å². The van der Waals surface area contributed by atoms with E-state index >= 15 is 0 Å². The minimum Gasteiger partial charge on any atom is -0.506 e. The van der Waals surface area contributed by atoms with Crippen LogP contribution in [-0.2, 0) is 9.53 Å². The van der Waals surface area contributed by atoms with Crippen LogP contribution in [-0.4, -0.2) is 20.5 Å². The molecule has 7 heteroatoms. The summed E-state index contributed by atoms with van der Waals surface area (Å²) >= 11 is 0. The second-order valence-electron chi connectivity index (χ2n) is 10.1. The molecular formula is C31H44N2O4S. The summed E-state index contributed by atoms with van der Waals surface area (Å²) in [7, 11) is -4.97. The summed E-state index contributed by atoms with van der Waals surface area (Å²) in [6.07, 6.45) is 12.9. The molecule has 208 valence electrons. The topological polar surface area (TPSA) is 105 Å². The monoisotopic (exact) mass is 540 g/mol. The van der Waals surface area contributed by atoms with Gasteiger partial charge in [-0.15, -0.1) is 0 Å². The van der Waals surface area contributed by atoms with Crippen molar-refractivity contribution in [1.82, 2.24) is 0 Å². The molecule has 0 aliphatic carbocycles. The minimum absolute atomic E-state index is 0.0453. The summed E-state index contributed by atoms with van der Waals surface area (Å²) < 4.78 is 30.5. The molecule has 6 nitrogen and oxygen atoms in total. The number of nitrogens with two attached hydrogens (primary N) is 1. The highest BCUT2D eigenvalue weighted by atomic mass is 32.3. The first-order valence-electron chi connectivity index (χ1n) is 13.8. The number of aryl methyl sites for hydroxylation is 1. The van der Waals surface area contributed by atoms with Gasteiger partial charge >= 0.3 is 0 Å². The van der Waals surface area contributed by atoms with Gasteiger partial charge in [0.25, 0.3) is 0 Å². The van der Waals surface area contributed by atoms with E-state index in [0.29, 0.717) is 12.3 Å². The first-order valence-corrected chi connectivity index (χ1v) is 15.8. The Bertz CT molecular complexity index is 1200. The van der Waals surface area contributed by atoms with E-state index in [0.717, 1.165) is 23.4 Å². The Kier molecular flexibility index (Phi) is 10.8. The molecule has 0 aliphatic rings. The van der Waals surface area contributed by atoms with Gasteiger partial charge in [-0.3, -0.25) is 4.55 Å². The minimum atomic E-state index is -4.97. The standard InChI is InChI=1S/C31H44N2O4S/c1-3-4-5-6-7-8-9-10-11-12-23-37-28-18-15-26(16-19-28)33-27-17-22-30(34)31(24-27)38(32,35,36)29-20-13-25(2)14-21-29/h13-22,24,33-34H,3-12,23H2,1-2H3,(H3,32,35,36). The number of aromatic hydroxyl groups is 1. The molecule has 0 heterocycles. The van der Waals surface area contributed by atoms with Gasteiger partial charge in [0.2, 0.25) is 0 Å². The average Bonchev–Trinajstić information content (AvgIpc) is 2.89. The first kappa shape index (κ1) is 29.7. The highest BCUT2D eigenvalue weighted by molar-refractivity contribution is 8.13. The van der Waals surface area contributed by atoms with Crippen molar-refractivity contribution in [3.05, 3.63) is 72.3 Å². The van der Waals surface area contributed by atoms with Crippen molar-refractivity contribution in [1.29, 1.82) is 0 Å². The SMILES string of the molecule is CCCCCCCCCCCCOc1ccc(Nc2ccc(O)c(S(N)(=O)(O)c3ccc(C)cc3)c2)cc1. The van der Waals surface area contributed by atoms with Gasteiger partial charge in [-0.05, 0) is 67.9 Å². The van der Waals surface area contributed by atoms with Crippen LogP contribution >= 0.6 is 0 Å². The number of nitrogens with one attached hydrogen (secondary N) is 1. The lowest BCUT2D eigenvalue weighted by Crippen LogP contribution is -2.42. The lowest BCUT2D eigenvalue weighted by Gasteiger charge is -2.39. The third-order valence-corrected chi connectivity index (χ3v) is 9.13. The Balaban J connectivity index is 1.49. The van der Waals surface area contributed by atoms with Gasteiger partial charge in [0, 0.05) is 11.4 Å². The molecule has 0 saturated heterocycles. The van der Waals surface area contributed by atoms with Gasteiger partial charge in [-0.1, -0.05) is 91.9 Å². The van der Waals surface area contributed by atoms with E-state index in [9.17, 15) is 13.9 Å². The van der Waals surface area contributed by atoms with E-state index in [1.165, 1.54) is 82.1 Å². The molecule has 0 aromatic heterocycles. The van der Waals surface area contributed by atoms with Crippen LogP contribution in [0.15, 0.2) is 76.5 Å². The quantitative estimate of drug-likeness (QED) is 0.108. The van der Waals surface area contributed by atoms with Crippen molar-refractivity contribution in [3.63, 3.8) is 0 Å². The molecule has 0 bridgehead atoms. The van der Waals surface area contributed by atoms with Crippen LogP contribution in [0.25, 0.3) is 0 Å². The number of anilines is 2. The van der Waals surface area contributed by atoms with E-state index in [2.05, 4.69) is 12.2 Å². The Morgan fingerprint density at radius 3 is 1.95 bits per heavy atom. The van der Waals surface area contributed by atoms with Crippen molar-refractivity contribution in [2.45, 2.75) is 87.8 Å². The fourth-order valence-corrected chi connectivity index (χ4v) is 6.16. The van der Waals surface area contributed by atoms with Crippen LogP contribution in [0.3, 0.4) is 0 Å². The van der Waals surface area contributed by atoms with Crippen LogP contribution in [0.1, 0.15) is 76.7 Å². The molecule has 0 unspecified atom stereocenters. The fourth-order valence-electron chi connectivity index (χ4n) is 4.42. The summed E-state index contributed by atoms with van der Waals surface area (Å²) in [4.78, 5) is -0.184. The zero-order valence-corrected chi connectivity index (χ0v) is 23.6. The van der Waals surface area contributed by atoms with Gasteiger partial charge in [-0.25, -0.2) is 5.14 Å². The predicted molar refractivity (Wildman–Crippen MR) is 158 cm³/mol. The molecule has 5 N–H and O–H groups in total. The van der Waals surface area contributed by atoms with Crippen LogP contribution < -0.4 is 15.2 Å². The second kappa shape index (κ2) is 13.8. The third-order valence-electron chi connectivity index (χ3n) is 6.77. The zero-order chi connectivity index (χ0) is 27.5. The maximum Gasteiger partial charge on any atom is 0.140 e. The number of hydrogen-bond acceptors (Lipinski definition) is 4. The van der Waals surface area contributed by atoms with Gasteiger partial charge in [0.1, 0.15) is 16.4 Å². The lowest BCUT2D eigenvalue weighted by molar-refractivity contribution is 0.304. The summed E-state index contributed by atoms with van der Waals surface area (Å²) in [5.41, 5.74) is 2.25. The molecule has 3 rings (SSSR count). The number of rotatable bonds is 16. The van der Waals surface area contributed by atoms with Gasteiger partial charge < -0.3 is 15.2 Å². The molecule has 3 aromatic rings. The van der Waals surface area contributed by atoms with Crippen LogP contribution in [0.2, 0.25) is 0 Å². The molecular weight excluding hydrogens is 496 g/mol.